The molecule has 2 aromatic rings. The summed E-state index contributed by atoms with van der Waals surface area (Å²) in [5.74, 6) is 6.91. The number of aryl methyl sites for hydroxylation is 2. The maximum absolute atomic E-state index is 8.74. The molecule has 1 heterocycles. The van der Waals surface area contributed by atoms with Crippen molar-refractivity contribution in [3.8, 4) is 17.6 Å². The second-order valence-electron chi connectivity index (χ2n) is 4.64. The van der Waals surface area contributed by atoms with Gasteiger partial charge in [0.2, 0.25) is 0 Å². The summed E-state index contributed by atoms with van der Waals surface area (Å²) in [7, 11) is 0. The van der Waals surface area contributed by atoms with Crippen molar-refractivity contribution in [2.75, 3.05) is 6.61 Å². The van der Waals surface area contributed by atoms with Crippen LogP contribution in [0.4, 0.5) is 0 Å². The van der Waals surface area contributed by atoms with Crippen LogP contribution >= 0.6 is 11.3 Å². The van der Waals surface area contributed by atoms with Crippen LogP contribution in [0.3, 0.4) is 0 Å². The molecule has 2 rings (SSSR count). The van der Waals surface area contributed by atoms with E-state index in [1.807, 2.05) is 23.6 Å². The van der Waals surface area contributed by atoms with Crippen molar-refractivity contribution in [3.63, 3.8) is 0 Å². The molecule has 0 fully saturated rings. The van der Waals surface area contributed by atoms with Crippen LogP contribution in [0.2, 0.25) is 0 Å². The van der Waals surface area contributed by atoms with E-state index >= 15 is 0 Å². The number of ether oxygens (including phenoxy) is 1. The maximum Gasteiger partial charge on any atom is 0.124 e. The van der Waals surface area contributed by atoms with Crippen molar-refractivity contribution in [1.29, 1.82) is 0 Å². The van der Waals surface area contributed by atoms with Crippen molar-refractivity contribution in [2.24, 2.45) is 0 Å². The molecule has 1 aromatic carbocycles. The van der Waals surface area contributed by atoms with Crippen molar-refractivity contribution < 1.29 is 9.84 Å². The Morgan fingerprint density at radius 1 is 1.20 bits per heavy atom. The summed E-state index contributed by atoms with van der Waals surface area (Å²) in [4.78, 5) is 1.12. The van der Waals surface area contributed by atoms with Gasteiger partial charge in [0.1, 0.15) is 12.4 Å². The lowest BCUT2D eigenvalue weighted by Gasteiger charge is -2.07. The third kappa shape index (κ3) is 4.12. The number of rotatable bonds is 4. The van der Waals surface area contributed by atoms with E-state index < -0.39 is 0 Å². The topological polar surface area (TPSA) is 29.5 Å². The first kappa shape index (κ1) is 14.6. The molecule has 0 aliphatic rings. The van der Waals surface area contributed by atoms with E-state index in [-0.39, 0.29) is 6.61 Å². The summed E-state index contributed by atoms with van der Waals surface area (Å²) >= 11 is 1.65. The first-order valence-corrected chi connectivity index (χ1v) is 7.44. The predicted molar refractivity (Wildman–Crippen MR) is 83.1 cm³/mol. The number of hydrogen-bond acceptors (Lipinski definition) is 3. The van der Waals surface area contributed by atoms with Gasteiger partial charge < -0.3 is 9.84 Å². The number of hydrogen-bond donors (Lipinski definition) is 1. The molecule has 0 saturated carbocycles. The molecule has 2 nitrogen and oxygen atoms in total. The predicted octanol–water partition coefficient (Wildman–Crippen LogP) is 3.68. The average molecular weight is 286 g/mol. The Labute approximate surface area is 124 Å². The molecule has 0 bridgehead atoms. The largest absolute Gasteiger partial charge is 0.488 e. The molecule has 0 aliphatic carbocycles. The third-order valence-electron chi connectivity index (χ3n) is 2.77. The van der Waals surface area contributed by atoms with Crippen molar-refractivity contribution >= 4 is 11.3 Å². The highest BCUT2D eigenvalue weighted by atomic mass is 32.1. The number of benzene rings is 1. The van der Waals surface area contributed by atoms with Gasteiger partial charge in [0.05, 0.1) is 11.5 Å². The molecule has 1 N–H and O–H groups in total. The number of aliphatic hydroxyl groups excluding tert-OH is 1. The molecule has 1 aromatic heterocycles. The molecule has 104 valence electrons. The zero-order valence-corrected chi connectivity index (χ0v) is 12.6. The van der Waals surface area contributed by atoms with Crippen LogP contribution in [0.25, 0.3) is 0 Å². The van der Waals surface area contributed by atoms with Crippen LogP contribution < -0.4 is 4.74 Å². The van der Waals surface area contributed by atoms with Gasteiger partial charge in [-0.05, 0) is 48.6 Å². The van der Waals surface area contributed by atoms with Gasteiger partial charge in [-0.2, -0.15) is 0 Å². The Morgan fingerprint density at radius 3 is 2.65 bits per heavy atom. The van der Waals surface area contributed by atoms with Gasteiger partial charge in [-0.25, -0.2) is 0 Å². The summed E-state index contributed by atoms with van der Waals surface area (Å²) in [6.45, 7) is 4.77. The third-order valence-corrected chi connectivity index (χ3v) is 3.66. The van der Waals surface area contributed by atoms with Gasteiger partial charge in [-0.15, -0.1) is 11.3 Å². The molecule has 0 unspecified atom stereocenters. The van der Waals surface area contributed by atoms with Gasteiger partial charge in [0.25, 0.3) is 0 Å². The summed E-state index contributed by atoms with van der Waals surface area (Å²) in [6, 6.07) is 8.20. The van der Waals surface area contributed by atoms with E-state index in [0.717, 1.165) is 16.2 Å². The first-order chi connectivity index (χ1) is 9.69. The molecule has 0 radical (unpaired) electrons. The first-order valence-electron chi connectivity index (χ1n) is 6.56. The van der Waals surface area contributed by atoms with E-state index in [0.29, 0.717) is 13.0 Å². The smallest absolute Gasteiger partial charge is 0.124 e. The fraction of sp³-hybridized carbons (Fsp3) is 0.294. The van der Waals surface area contributed by atoms with Crippen molar-refractivity contribution in [2.45, 2.75) is 26.9 Å². The Bertz CT molecular complexity index is 612. The summed E-state index contributed by atoms with van der Waals surface area (Å²) in [6.07, 6.45) is 0.507. The molecular weight excluding hydrogens is 268 g/mol. The molecule has 0 amide bonds. The zero-order valence-electron chi connectivity index (χ0n) is 11.8. The molecule has 20 heavy (non-hydrogen) atoms. The molecule has 0 saturated heterocycles. The molecule has 0 spiro atoms. The highest BCUT2D eigenvalue weighted by Crippen LogP contribution is 2.21. The van der Waals surface area contributed by atoms with Crippen LogP contribution in [-0.2, 0) is 6.61 Å². The highest BCUT2D eigenvalue weighted by Gasteiger charge is 2.04. The van der Waals surface area contributed by atoms with Gasteiger partial charge in [-0.1, -0.05) is 17.9 Å². The van der Waals surface area contributed by atoms with Crippen LogP contribution in [0, 0.1) is 25.7 Å². The molecule has 3 heteroatoms. The normalized spacial score (nSPS) is 9.95. The fourth-order valence-electron chi connectivity index (χ4n) is 1.94. The average Bonchev–Trinajstić information content (AvgIpc) is 2.83. The van der Waals surface area contributed by atoms with E-state index in [2.05, 4.69) is 31.8 Å². The van der Waals surface area contributed by atoms with E-state index in [9.17, 15) is 0 Å². The van der Waals surface area contributed by atoms with Gasteiger partial charge >= 0.3 is 0 Å². The Kier molecular flexibility index (Phi) is 5.23. The van der Waals surface area contributed by atoms with Crippen LogP contribution in [0.15, 0.2) is 29.6 Å². The van der Waals surface area contributed by atoms with E-state index in [4.69, 9.17) is 9.84 Å². The highest BCUT2D eigenvalue weighted by molar-refractivity contribution is 7.10. The quantitative estimate of drug-likeness (QED) is 0.869. The zero-order chi connectivity index (χ0) is 14.4. The van der Waals surface area contributed by atoms with E-state index in [1.165, 1.54) is 11.1 Å². The van der Waals surface area contributed by atoms with Crippen LogP contribution in [0.5, 0.6) is 5.75 Å². The monoisotopic (exact) mass is 286 g/mol. The lowest BCUT2D eigenvalue weighted by molar-refractivity contribution is 0.305. The second-order valence-corrected chi connectivity index (χ2v) is 5.65. The van der Waals surface area contributed by atoms with Crippen LogP contribution in [-0.4, -0.2) is 11.7 Å². The number of thiophene rings is 1. The Morgan fingerprint density at radius 2 is 1.95 bits per heavy atom. The molecular formula is C17H18O2S. The lowest BCUT2D eigenvalue weighted by Crippen LogP contribution is -1.95. The maximum atomic E-state index is 8.74. The SMILES string of the molecule is Cc1cc(C)cc(OCc2sccc2C#CCCO)c1. The molecule has 0 atom stereocenters. The Hall–Kier alpha value is -1.76. The fourth-order valence-corrected chi connectivity index (χ4v) is 2.68. The van der Waals surface area contributed by atoms with Gasteiger partial charge in [-0.3, -0.25) is 0 Å². The molecule has 0 aliphatic heterocycles. The van der Waals surface area contributed by atoms with Crippen molar-refractivity contribution in [1.82, 2.24) is 0 Å². The minimum atomic E-state index is 0.103. The number of aliphatic hydroxyl groups is 1. The van der Waals surface area contributed by atoms with Gasteiger partial charge in [0, 0.05) is 12.0 Å². The van der Waals surface area contributed by atoms with Crippen molar-refractivity contribution in [3.05, 3.63) is 51.2 Å². The van der Waals surface area contributed by atoms with Crippen LogP contribution in [0.1, 0.15) is 28.0 Å². The minimum Gasteiger partial charge on any atom is -0.488 e. The second kappa shape index (κ2) is 7.14. The summed E-state index contributed by atoms with van der Waals surface area (Å²) in [5.41, 5.74) is 3.40. The lowest BCUT2D eigenvalue weighted by atomic mass is 10.1. The summed E-state index contributed by atoms with van der Waals surface area (Å²) < 4.78 is 5.85. The minimum absolute atomic E-state index is 0.103. The van der Waals surface area contributed by atoms with Gasteiger partial charge in [0.15, 0.2) is 0 Å². The standard InChI is InChI=1S/C17H18O2S/c1-13-9-14(2)11-16(10-13)19-12-17-15(6-8-20-17)5-3-4-7-18/h6,8-11,18H,4,7,12H2,1-2H3. The summed E-state index contributed by atoms with van der Waals surface area (Å²) in [5, 5.41) is 10.8. The Balaban J connectivity index is 2.04. The van der Waals surface area contributed by atoms with E-state index in [1.54, 1.807) is 11.3 Å².